The van der Waals surface area contributed by atoms with Crippen LogP contribution >= 0.6 is 0 Å². The lowest BCUT2D eigenvalue weighted by atomic mass is 10.2. The number of hydrogen-bond donors (Lipinski definition) is 0. The highest BCUT2D eigenvalue weighted by molar-refractivity contribution is 5.92. The van der Waals surface area contributed by atoms with Crippen molar-refractivity contribution < 1.29 is 4.79 Å². The minimum Gasteiger partial charge on any atom is -0.336 e. The van der Waals surface area contributed by atoms with Crippen LogP contribution in [0.4, 0.5) is 5.95 Å². The molecule has 1 aromatic heterocycles. The van der Waals surface area contributed by atoms with Crippen LogP contribution in [0.25, 0.3) is 0 Å². The SMILES string of the molecule is CC(C)N(Cc1ccccc1)c1nccc(C(=O)N(C)Cc2ccccc2)n1. The molecule has 0 bridgehead atoms. The topological polar surface area (TPSA) is 49.3 Å². The average Bonchev–Trinajstić information content (AvgIpc) is 2.73. The Bertz CT molecular complexity index is 897. The van der Waals surface area contributed by atoms with Gasteiger partial charge in [-0.25, -0.2) is 9.97 Å². The number of amides is 1. The Kier molecular flexibility index (Phi) is 6.37. The number of rotatable bonds is 7. The van der Waals surface area contributed by atoms with Crippen LogP contribution in [0.15, 0.2) is 72.9 Å². The van der Waals surface area contributed by atoms with Gasteiger partial charge in [-0.15, -0.1) is 0 Å². The van der Waals surface area contributed by atoms with Crippen molar-refractivity contribution in [2.24, 2.45) is 0 Å². The minimum absolute atomic E-state index is 0.115. The van der Waals surface area contributed by atoms with Crippen LogP contribution in [0.5, 0.6) is 0 Å². The fourth-order valence-electron chi connectivity index (χ4n) is 2.99. The van der Waals surface area contributed by atoms with E-state index in [-0.39, 0.29) is 11.9 Å². The Balaban J connectivity index is 1.78. The molecule has 0 aliphatic carbocycles. The Labute approximate surface area is 166 Å². The molecule has 0 aliphatic rings. The maximum absolute atomic E-state index is 12.9. The Hall–Kier alpha value is -3.21. The zero-order valence-corrected chi connectivity index (χ0v) is 16.6. The van der Waals surface area contributed by atoms with Gasteiger partial charge in [0, 0.05) is 32.4 Å². The molecule has 3 aromatic rings. The largest absolute Gasteiger partial charge is 0.336 e. The molecule has 0 unspecified atom stereocenters. The first-order valence-corrected chi connectivity index (χ1v) is 9.47. The number of hydrogen-bond acceptors (Lipinski definition) is 4. The van der Waals surface area contributed by atoms with Crippen molar-refractivity contribution in [3.63, 3.8) is 0 Å². The molecule has 1 amide bonds. The minimum atomic E-state index is -0.115. The predicted molar refractivity (Wildman–Crippen MR) is 112 cm³/mol. The molecule has 5 heteroatoms. The zero-order chi connectivity index (χ0) is 19.9. The quantitative estimate of drug-likeness (QED) is 0.623. The van der Waals surface area contributed by atoms with Crippen LogP contribution in [0.2, 0.25) is 0 Å². The van der Waals surface area contributed by atoms with E-state index in [0.717, 1.165) is 5.56 Å². The van der Waals surface area contributed by atoms with Crippen molar-refractivity contribution in [1.29, 1.82) is 0 Å². The molecular weight excluding hydrogens is 348 g/mol. The Morgan fingerprint density at radius 2 is 1.46 bits per heavy atom. The maximum atomic E-state index is 12.9. The summed E-state index contributed by atoms with van der Waals surface area (Å²) in [6, 6.07) is 22.0. The molecule has 144 valence electrons. The standard InChI is InChI=1S/C23H26N4O/c1-18(2)27(17-20-12-8-5-9-13-20)23-24-15-14-21(25-23)22(28)26(3)16-19-10-6-4-7-11-19/h4-15,18H,16-17H2,1-3H3. The molecular formula is C23H26N4O. The average molecular weight is 374 g/mol. The third-order valence-corrected chi connectivity index (χ3v) is 4.55. The molecule has 0 fully saturated rings. The molecule has 0 radical (unpaired) electrons. The van der Waals surface area contributed by atoms with Crippen molar-refractivity contribution in [3.05, 3.63) is 89.7 Å². The second-order valence-corrected chi connectivity index (χ2v) is 7.10. The lowest BCUT2D eigenvalue weighted by molar-refractivity contribution is 0.0779. The van der Waals surface area contributed by atoms with Crippen molar-refractivity contribution in [3.8, 4) is 0 Å². The van der Waals surface area contributed by atoms with E-state index in [2.05, 4.69) is 40.8 Å². The fraction of sp³-hybridized carbons (Fsp3) is 0.261. The van der Waals surface area contributed by atoms with E-state index in [1.807, 2.05) is 48.5 Å². The molecule has 0 aliphatic heterocycles. The lowest BCUT2D eigenvalue weighted by Gasteiger charge is -2.27. The third kappa shape index (κ3) is 4.94. The van der Waals surface area contributed by atoms with Gasteiger partial charge in [0.2, 0.25) is 5.95 Å². The molecule has 2 aromatic carbocycles. The van der Waals surface area contributed by atoms with E-state index in [1.54, 1.807) is 24.2 Å². The third-order valence-electron chi connectivity index (χ3n) is 4.55. The predicted octanol–water partition coefficient (Wildman–Crippen LogP) is 4.16. The van der Waals surface area contributed by atoms with Gasteiger partial charge in [0.1, 0.15) is 5.69 Å². The molecule has 28 heavy (non-hydrogen) atoms. The number of anilines is 1. The van der Waals surface area contributed by atoms with Crippen molar-refractivity contribution in [1.82, 2.24) is 14.9 Å². The molecule has 0 atom stereocenters. The van der Waals surface area contributed by atoms with Gasteiger partial charge < -0.3 is 9.80 Å². The summed E-state index contributed by atoms with van der Waals surface area (Å²) in [6.07, 6.45) is 1.66. The molecule has 0 spiro atoms. The normalized spacial score (nSPS) is 10.7. The highest BCUT2D eigenvalue weighted by Crippen LogP contribution is 2.17. The lowest BCUT2D eigenvalue weighted by Crippen LogP contribution is -2.33. The first-order chi connectivity index (χ1) is 13.5. The maximum Gasteiger partial charge on any atom is 0.272 e. The monoisotopic (exact) mass is 374 g/mol. The number of nitrogens with zero attached hydrogens (tertiary/aromatic N) is 4. The van der Waals surface area contributed by atoms with Crippen LogP contribution in [-0.4, -0.2) is 33.9 Å². The summed E-state index contributed by atoms with van der Waals surface area (Å²) in [5.41, 5.74) is 2.67. The first kappa shape index (κ1) is 19.5. The van der Waals surface area contributed by atoms with E-state index in [1.165, 1.54) is 5.56 Å². The van der Waals surface area contributed by atoms with E-state index in [9.17, 15) is 4.79 Å². The highest BCUT2D eigenvalue weighted by Gasteiger charge is 2.18. The smallest absolute Gasteiger partial charge is 0.272 e. The molecule has 0 saturated heterocycles. The second-order valence-electron chi connectivity index (χ2n) is 7.10. The van der Waals surface area contributed by atoms with Gasteiger partial charge in [0.25, 0.3) is 5.91 Å². The van der Waals surface area contributed by atoms with Gasteiger partial charge in [-0.2, -0.15) is 0 Å². The van der Waals surface area contributed by atoms with Crippen LogP contribution in [0, 0.1) is 0 Å². The summed E-state index contributed by atoms with van der Waals surface area (Å²) in [5.74, 6) is 0.453. The summed E-state index contributed by atoms with van der Waals surface area (Å²) in [4.78, 5) is 25.7. The summed E-state index contributed by atoms with van der Waals surface area (Å²) in [5, 5.41) is 0. The van der Waals surface area contributed by atoms with E-state index >= 15 is 0 Å². The van der Waals surface area contributed by atoms with Gasteiger partial charge in [0.15, 0.2) is 0 Å². The molecule has 5 nitrogen and oxygen atoms in total. The van der Waals surface area contributed by atoms with E-state index < -0.39 is 0 Å². The number of benzene rings is 2. The van der Waals surface area contributed by atoms with Gasteiger partial charge in [-0.1, -0.05) is 60.7 Å². The summed E-state index contributed by atoms with van der Waals surface area (Å²) >= 11 is 0. The summed E-state index contributed by atoms with van der Waals surface area (Å²) in [6.45, 7) is 5.43. The molecule has 0 saturated carbocycles. The number of carbonyl (C=O) groups excluding carboxylic acids is 1. The van der Waals surface area contributed by atoms with Crippen molar-refractivity contribution >= 4 is 11.9 Å². The Morgan fingerprint density at radius 1 is 0.893 bits per heavy atom. The highest BCUT2D eigenvalue weighted by atomic mass is 16.2. The zero-order valence-electron chi connectivity index (χ0n) is 16.6. The van der Waals surface area contributed by atoms with Crippen molar-refractivity contribution in [2.75, 3.05) is 11.9 Å². The van der Waals surface area contributed by atoms with Gasteiger partial charge in [-0.05, 0) is 31.0 Å². The summed E-state index contributed by atoms with van der Waals surface area (Å²) in [7, 11) is 1.79. The molecule has 0 N–H and O–H groups in total. The molecule has 1 heterocycles. The Morgan fingerprint density at radius 3 is 2.04 bits per heavy atom. The van der Waals surface area contributed by atoms with Gasteiger partial charge in [-0.3, -0.25) is 4.79 Å². The fourth-order valence-corrected chi connectivity index (χ4v) is 2.99. The van der Waals surface area contributed by atoms with Crippen LogP contribution in [-0.2, 0) is 13.1 Å². The second kappa shape index (κ2) is 9.13. The first-order valence-electron chi connectivity index (χ1n) is 9.47. The van der Waals surface area contributed by atoms with E-state index in [0.29, 0.717) is 24.7 Å². The van der Waals surface area contributed by atoms with Crippen LogP contribution in [0.1, 0.15) is 35.5 Å². The van der Waals surface area contributed by atoms with Gasteiger partial charge >= 0.3 is 0 Å². The number of aromatic nitrogens is 2. The van der Waals surface area contributed by atoms with Crippen molar-refractivity contribution in [2.45, 2.75) is 33.0 Å². The van der Waals surface area contributed by atoms with Gasteiger partial charge in [0.05, 0.1) is 0 Å². The number of carbonyl (C=O) groups is 1. The van der Waals surface area contributed by atoms with Crippen LogP contribution in [0.3, 0.4) is 0 Å². The molecule has 3 rings (SSSR count). The van der Waals surface area contributed by atoms with Crippen LogP contribution < -0.4 is 4.90 Å². The van der Waals surface area contributed by atoms with E-state index in [4.69, 9.17) is 0 Å². The summed E-state index contributed by atoms with van der Waals surface area (Å²) < 4.78 is 0.